The predicted molar refractivity (Wildman–Crippen MR) is 158 cm³/mol. The molecule has 0 fully saturated rings. The largest absolute Gasteiger partial charge is 0.493 e. The van der Waals surface area contributed by atoms with Crippen LogP contribution in [0.3, 0.4) is 0 Å². The maximum Gasteiger partial charge on any atom is 0.420 e. The van der Waals surface area contributed by atoms with Gasteiger partial charge in [0.1, 0.15) is 24.1 Å². The van der Waals surface area contributed by atoms with Crippen molar-refractivity contribution >= 4 is 59.6 Å². The number of hydrogen-bond donors (Lipinski definition) is 1. The van der Waals surface area contributed by atoms with Crippen LogP contribution in [-0.2, 0) is 44.9 Å². The molecule has 0 saturated heterocycles. The van der Waals surface area contributed by atoms with E-state index in [1.165, 1.54) is 23.9 Å². The van der Waals surface area contributed by atoms with E-state index >= 15 is 4.39 Å². The number of hydrogen-bond acceptors (Lipinski definition) is 8. The van der Waals surface area contributed by atoms with E-state index in [9.17, 15) is 9.90 Å². The van der Waals surface area contributed by atoms with Gasteiger partial charge in [-0.2, -0.15) is 0 Å². The van der Waals surface area contributed by atoms with E-state index in [-0.39, 0.29) is 51.2 Å². The summed E-state index contributed by atoms with van der Waals surface area (Å²) in [4.78, 5) is 25.9. The summed E-state index contributed by atoms with van der Waals surface area (Å²) in [6, 6.07) is 10.9. The van der Waals surface area contributed by atoms with E-state index in [1.54, 1.807) is 57.3 Å². The Balaban J connectivity index is 0.00000158. The Hall–Kier alpha value is -2.92. The van der Waals surface area contributed by atoms with Crippen molar-refractivity contribution in [2.45, 2.75) is 39.1 Å². The van der Waals surface area contributed by atoms with Crippen LogP contribution in [0.15, 0.2) is 54.9 Å². The number of carbonyl (C=O) groups excluding carboxylic acids is 1. The van der Waals surface area contributed by atoms with Crippen LogP contribution in [0.2, 0.25) is 5.02 Å². The van der Waals surface area contributed by atoms with Gasteiger partial charge in [-0.25, -0.2) is 18.7 Å². The first kappa shape index (κ1) is 33.6. The van der Waals surface area contributed by atoms with Crippen LogP contribution in [0.4, 0.5) is 9.18 Å². The van der Waals surface area contributed by atoms with Crippen molar-refractivity contribution in [3.63, 3.8) is 0 Å². The Kier molecular flexibility index (Phi) is 11.2. The van der Waals surface area contributed by atoms with E-state index < -0.39 is 23.6 Å². The second-order valence-electron chi connectivity index (χ2n) is 9.78. The summed E-state index contributed by atoms with van der Waals surface area (Å²) in [6.07, 6.45) is 1.09. The first-order valence-corrected chi connectivity index (χ1v) is 14.2. The Morgan fingerprint density at radius 3 is 2.62 bits per heavy atom. The minimum Gasteiger partial charge on any atom is -0.493 e. The van der Waals surface area contributed by atoms with Gasteiger partial charge in [-0.3, -0.25) is 0 Å². The summed E-state index contributed by atoms with van der Waals surface area (Å²) in [5, 5.41) is 12.1. The monoisotopic (exact) mass is 663 g/mol. The topological polar surface area (TPSA) is 110 Å². The van der Waals surface area contributed by atoms with Gasteiger partial charge in [0, 0.05) is 38.4 Å². The van der Waals surface area contributed by atoms with Gasteiger partial charge >= 0.3 is 6.09 Å². The Morgan fingerprint density at radius 2 is 1.93 bits per heavy atom. The number of carbonyl (C=O) groups is 1. The van der Waals surface area contributed by atoms with Crippen molar-refractivity contribution < 1.29 is 50.2 Å². The van der Waals surface area contributed by atoms with E-state index in [2.05, 4.69) is 34.8 Å². The molecule has 5 rings (SSSR count). The number of aliphatic hydroxyl groups excluding tert-OH is 1. The first-order valence-electron chi connectivity index (χ1n) is 12.2. The molecule has 9 nitrogen and oxygen atoms in total. The SMILES string of the molecule is COc1cc(C(O)c2c[n-]c3ncccc23)c(F)cc1OCc1nc2cc(Cl)ccc2n1C(=O)OC(C)(C)C.P=S.[Ti]. The molecule has 0 saturated carbocycles. The molecule has 218 valence electrons. The van der Waals surface area contributed by atoms with E-state index in [1.807, 2.05) is 0 Å². The number of aliphatic hydroxyl groups is 1. The third-order valence-electron chi connectivity index (χ3n) is 5.91. The Bertz CT molecular complexity index is 1730. The van der Waals surface area contributed by atoms with Gasteiger partial charge in [0.05, 0.1) is 18.1 Å². The van der Waals surface area contributed by atoms with Gasteiger partial charge in [-0.05, 0) is 64.0 Å². The molecule has 2 aromatic carbocycles. The molecule has 0 amide bonds. The molecule has 0 spiro atoms. The molecule has 42 heavy (non-hydrogen) atoms. The fraction of sp³-hybridized carbons (Fsp3) is 0.250. The number of halogens is 2. The molecule has 5 aromatic rings. The molecule has 0 radical (unpaired) electrons. The van der Waals surface area contributed by atoms with Crippen molar-refractivity contribution in [3.8, 4) is 11.5 Å². The number of fused-ring (bicyclic) bond motifs is 2. The standard InChI is InChI=1S/C28H25ClFN4O5.HPS.Ti/c1-28(2,3)39-27(36)34-21-8-7-15(29)10-20(21)33-24(34)14-38-23-12-19(30)17(11-22(23)37-4)25(35)18-13-32-26-16(18)6-5-9-31-26;1-2;/h5-13,25,35H,14H2,1-4H3;1H;/q-1;;. The zero-order valence-corrected chi connectivity index (χ0v) is 27.1. The van der Waals surface area contributed by atoms with Crippen molar-refractivity contribution in [3.05, 3.63) is 82.6 Å². The van der Waals surface area contributed by atoms with Crippen molar-refractivity contribution in [2.24, 2.45) is 0 Å². The van der Waals surface area contributed by atoms with E-state index in [0.29, 0.717) is 32.7 Å². The summed E-state index contributed by atoms with van der Waals surface area (Å²) in [5.41, 5.74) is 1.04. The molecule has 0 aliphatic carbocycles. The second-order valence-corrected chi connectivity index (χ2v) is 10.2. The minimum atomic E-state index is -1.32. The molecule has 14 heteroatoms. The Morgan fingerprint density at radius 1 is 1.19 bits per heavy atom. The molecule has 1 unspecified atom stereocenters. The van der Waals surface area contributed by atoms with Crippen LogP contribution in [0.1, 0.15) is 43.8 Å². The van der Waals surface area contributed by atoms with Gasteiger partial charge in [0.25, 0.3) is 0 Å². The summed E-state index contributed by atoms with van der Waals surface area (Å²) >= 11 is 10.0. The van der Waals surface area contributed by atoms with Crippen LogP contribution < -0.4 is 14.5 Å². The van der Waals surface area contributed by atoms with Gasteiger partial charge in [0.15, 0.2) is 17.3 Å². The van der Waals surface area contributed by atoms with Crippen molar-refractivity contribution in [2.75, 3.05) is 7.11 Å². The van der Waals surface area contributed by atoms with Gasteiger partial charge in [-0.1, -0.05) is 53.6 Å². The molecule has 0 aliphatic heterocycles. The summed E-state index contributed by atoms with van der Waals surface area (Å²) in [7, 11) is 3.96. The molecule has 3 heterocycles. The number of ether oxygens (including phenoxy) is 3. The zero-order chi connectivity index (χ0) is 29.9. The van der Waals surface area contributed by atoms with Crippen LogP contribution in [0.25, 0.3) is 22.1 Å². The van der Waals surface area contributed by atoms with Crippen molar-refractivity contribution in [1.82, 2.24) is 19.5 Å². The maximum atomic E-state index is 15.3. The predicted octanol–water partition coefficient (Wildman–Crippen LogP) is 6.38. The second kappa shape index (κ2) is 14.0. The summed E-state index contributed by atoms with van der Waals surface area (Å²) in [5.74, 6) is -0.270. The molecular formula is C28H26ClFN4O5PSTi-. The number of aromatic nitrogens is 4. The zero-order valence-electron chi connectivity index (χ0n) is 23.0. The van der Waals surface area contributed by atoms with Crippen LogP contribution in [0, 0.1) is 5.82 Å². The van der Waals surface area contributed by atoms with Gasteiger partial charge in [0.2, 0.25) is 0 Å². The number of nitrogens with zero attached hydrogens (tertiary/aromatic N) is 4. The van der Waals surface area contributed by atoms with Crippen LogP contribution in [0.5, 0.6) is 11.5 Å². The number of imidazole rings is 1. The molecular weight excluding hydrogens is 638 g/mol. The van der Waals surface area contributed by atoms with Crippen LogP contribution >= 0.6 is 19.6 Å². The molecule has 0 bridgehead atoms. The average molecular weight is 664 g/mol. The summed E-state index contributed by atoms with van der Waals surface area (Å²) in [6.45, 7) is 5.05. The molecule has 1 atom stereocenters. The summed E-state index contributed by atoms with van der Waals surface area (Å²) < 4.78 is 33.5. The molecule has 1 N–H and O–H groups in total. The van der Waals surface area contributed by atoms with Crippen molar-refractivity contribution in [1.29, 1.82) is 0 Å². The molecule has 0 aliphatic rings. The third kappa shape index (κ3) is 7.17. The number of rotatable bonds is 6. The number of pyridine rings is 1. The van der Waals surface area contributed by atoms with Gasteiger partial charge in [-0.15, -0.1) is 0 Å². The fourth-order valence-electron chi connectivity index (χ4n) is 4.20. The van der Waals surface area contributed by atoms with Crippen LogP contribution in [-0.4, -0.2) is 38.4 Å². The minimum absolute atomic E-state index is 0. The fourth-order valence-corrected chi connectivity index (χ4v) is 4.36. The quantitative estimate of drug-likeness (QED) is 0.164. The van der Waals surface area contributed by atoms with E-state index in [4.69, 9.17) is 25.8 Å². The van der Waals surface area contributed by atoms with E-state index in [0.717, 1.165) is 6.07 Å². The number of benzene rings is 2. The first-order chi connectivity index (χ1) is 19.6. The number of methoxy groups -OCH3 is 1. The Labute approximate surface area is 268 Å². The third-order valence-corrected chi connectivity index (χ3v) is 6.15. The maximum absolute atomic E-state index is 15.3. The smallest absolute Gasteiger partial charge is 0.420 e. The average Bonchev–Trinajstić information content (AvgIpc) is 3.53. The molecule has 3 aromatic heterocycles. The van der Waals surface area contributed by atoms with Gasteiger partial charge < -0.3 is 29.3 Å². The normalized spacial score (nSPS) is 11.8.